The molecule has 6 nitrogen and oxygen atoms in total. The highest BCUT2D eigenvalue weighted by Crippen LogP contribution is 2.31. The van der Waals surface area contributed by atoms with Gasteiger partial charge in [0.1, 0.15) is 11.3 Å². The molecular weight excluding hydrogens is 236 g/mol. The van der Waals surface area contributed by atoms with Crippen LogP contribution in [-0.4, -0.2) is 29.6 Å². The van der Waals surface area contributed by atoms with E-state index in [1.165, 1.54) is 12.1 Å². The lowest BCUT2D eigenvalue weighted by atomic mass is 10.1. The number of nitro benzene ring substituents is 1. The molecule has 6 heteroatoms. The van der Waals surface area contributed by atoms with Crippen molar-refractivity contribution in [3.8, 4) is 0 Å². The van der Waals surface area contributed by atoms with E-state index in [9.17, 15) is 14.9 Å². The summed E-state index contributed by atoms with van der Waals surface area (Å²) < 4.78 is 0. The summed E-state index contributed by atoms with van der Waals surface area (Å²) in [5.74, 6) is -1.28. The number of carboxylic acid groups (broad SMARTS) is 1. The number of aromatic carboxylic acids is 1. The third kappa shape index (κ3) is 2.97. The molecule has 0 aromatic heterocycles. The maximum Gasteiger partial charge on any atom is 0.342 e. The van der Waals surface area contributed by atoms with Crippen molar-refractivity contribution in [2.75, 3.05) is 18.5 Å². The molecule has 0 fully saturated rings. The zero-order valence-electron chi connectivity index (χ0n) is 10.4. The fourth-order valence-corrected chi connectivity index (χ4v) is 1.72. The quantitative estimate of drug-likeness (QED) is 0.621. The summed E-state index contributed by atoms with van der Waals surface area (Å²) in [6.45, 7) is 2.68. The van der Waals surface area contributed by atoms with Gasteiger partial charge in [0, 0.05) is 13.6 Å². The van der Waals surface area contributed by atoms with Crippen LogP contribution in [0.25, 0.3) is 0 Å². The molecule has 0 unspecified atom stereocenters. The fourth-order valence-electron chi connectivity index (χ4n) is 1.72. The summed E-state index contributed by atoms with van der Waals surface area (Å²) in [7, 11) is 1.73. The van der Waals surface area contributed by atoms with Crippen molar-refractivity contribution in [3.63, 3.8) is 0 Å². The SMILES string of the molecule is CCCCN(C)c1cccc(C(=O)O)c1[N+](=O)[O-]. The molecule has 0 bridgehead atoms. The molecule has 1 aromatic rings. The van der Waals surface area contributed by atoms with E-state index in [-0.39, 0.29) is 11.3 Å². The van der Waals surface area contributed by atoms with E-state index in [0.717, 1.165) is 12.8 Å². The van der Waals surface area contributed by atoms with Crippen molar-refractivity contribution in [2.24, 2.45) is 0 Å². The first kappa shape index (κ1) is 14.0. The molecule has 1 rings (SSSR count). The standard InChI is InChI=1S/C12H16N2O4/c1-3-4-8-13(2)10-7-5-6-9(12(15)16)11(10)14(17)18/h5-7H,3-4,8H2,1-2H3,(H,15,16). The van der Waals surface area contributed by atoms with Gasteiger partial charge in [0.25, 0.3) is 0 Å². The lowest BCUT2D eigenvalue weighted by Crippen LogP contribution is -2.20. The van der Waals surface area contributed by atoms with Crippen LogP contribution in [-0.2, 0) is 0 Å². The Morgan fingerprint density at radius 3 is 2.67 bits per heavy atom. The van der Waals surface area contributed by atoms with E-state index in [0.29, 0.717) is 12.2 Å². The average Bonchev–Trinajstić information content (AvgIpc) is 2.34. The van der Waals surface area contributed by atoms with Crippen LogP contribution in [0.1, 0.15) is 30.1 Å². The molecule has 0 atom stereocenters. The molecule has 0 aliphatic rings. The molecule has 1 N–H and O–H groups in total. The Bertz CT molecular complexity index is 459. The molecule has 0 saturated carbocycles. The second kappa shape index (κ2) is 6.00. The van der Waals surface area contributed by atoms with E-state index in [1.807, 2.05) is 6.92 Å². The summed E-state index contributed by atoms with van der Waals surface area (Å²) in [4.78, 5) is 23.1. The fraction of sp³-hybridized carbons (Fsp3) is 0.417. The summed E-state index contributed by atoms with van der Waals surface area (Å²) in [6, 6.07) is 4.34. The molecule has 1 aromatic carbocycles. The molecule has 0 spiro atoms. The van der Waals surface area contributed by atoms with E-state index in [2.05, 4.69) is 0 Å². The van der Waals surface area contributed by atoms with Gasteiger partial charge in [-0.2, -0.15) is 0 Å². The molecule has 0 radical (unpaired) electrons. The number of unbranched alkanes of at least 4 members (excludes halogenated alkanes) is 1. The summed E-state index contributed by atoms with van der Waals surface area (Å²) >= 11 is 0. The van der Waals surface area contributed by atoms with E-state index < -0.39 is 10.9 Å². The molecule has 0 amide bonds. The van der Waals surface area contributed by atoms with Gasteiger partial charge in [-0.1, -0.05) is 19.4 Å². The van der Waals surface area contributed by atoms with Crippen LogP contribution in [0.3, 0.4) is 0 Å². The molecule has 0 heterocycles. The second-order valence-electron chi connectivity index (χ2n) is 4.01. The third-order valence-electron chi connectivity index (χ3n) is 2.69. The first-order valence-electron chi connectivity index (χ1n) is 5.70. The predicted molar refractivity (Wildman–Crippen MR) is 68.2 cm³/mol. The van der Waals surface area contributed by atoms with E-state index in [4.69, 9.17) is 5.11 Å². The van der Waals surface area contributed by atoms with Gasteiger partial charge < -0.3 is 10.0 Å². The van der Waals surface area contributed by atoms with Gasteiger partial charge >= 0.3 is 11.7 Å². The van der Waals surface area contributed by atoms with E-state index >= 15 is 0 Å². The smallest absolute Gasteiger partial charge is 0.342 e. The van der Waals surface area contributed by atoms with Gasteiger partial charge in [-0.3, -0.25) is 10.1 Å². The van der Waals surface area contributed by atoms with Crippen molar-refractivity contribution in [1.29, 1.82) is 0 Å². The Balaban J connectivity index is 3.22. The zero-order chi connectivity index (χ0) is 13.7. The zero-order valence-corrected chi connectivity index (χ0v) is 10.4. The summed E-state index contributed by atoms with van der Waals surface area (Å²) in [6.07, 6.45) is 1.86. The molecule has 18 heavy (non-hydrogen) atoms. The van der Waals surface area contributed by atoms with Crippen LogP contribution in [0.5, 0.6) is 0 Å². The average molecular weight is 252 g/mol. The highest BCUT2D eigenvalue weighted by molar-refractivity contribution is 5.95. The van der Waals surface area contributed by atoms with Crippen LogP contribution in [0.15, 0.2) is 18.2 Å². The Kier molecular flexibility index (Phi) is 4.65. The number of hydrogen-bond acceptors (Lipinski definition) is 4. The van der Waals surface area contributed by atoms with Crippen LogP contribution < -0.4 is 4.90 Å². The second-order valence-corrected chi connectivity index (χ2v) is 4.01. The van der Waals surface area contributed by atoms with Gasteiger partial charge in [0.2, 0.25) is 0 Å². The predicted octanol–water partition coefficient (Wildman–Crippen LogP) is 2.53. The van der Waals surface area contributed by atoms with Crippen molar-refractivity contribution in [2.45, 2.75) is 19.8 Å². The molecular formula is C12H16N2O4. The molecule has 98 valence electrons. The Morgan fingerprint density at radius 1 is 1.50 bits per heavy atom. The van der Waals surface area contributed by atoms with Gasteiger partial charge in [-0.05, 0) is 18.6 Å². The Hall–Kier alpha value is -2.11. The van der Waals surface area contributed by atoms with Crippen LogP contribution in [0.2, 0.25) is 0 Å². The monoisotopic (exact) mass is 252 g/mol. The van der Waals surface area contributed by atoms with Gasteiger partial charge in [0.15, 0.2) is 0 Å². The summed E-state index contributed by atoms with van der Waals surface area (Å²) in [5.41, 5.74) is -0.280. The van der Waals surface area contributed by atoms with Crippen LogP contribution >= 0.6 is 0 Å². The molecule has 0 saturated heterocycles. The van der Waals surface area contributed by atoms with Crippen LogP contribution in [0, 0.1) is 10.1 Å². The van der Waals surface area contributed by atoms with Gasteiger partial charge in [-0.15, -0.1) is 0 Å². The molecule has 0 aliphatic carbocycles. The normalized spacial score (nSPS) is 10.1. The number of nitro groups is 1. The minimum Gasteiger partial charge on any atom is -0.477 e. The number of rotatable bonds is 6. The van der Waals surface area contributed by atoms with Gasteiger partial charge in [-0.25, -0.2) is 4.79 Å². The number of carboxylic acids is 1. The number of hydrogen-bond donors (Lipinski definition) is 1. The van der Waals surface area contributed by atoms with Crippen LogP contribution in [0.4, 0.5) is 11.4 Å². The maximum absolute atomic E-state index is 11.0. The highest BCUT2D eigenvalue weighted by atomic mass is 16.6. The lowest BCUT2D eigenvalue weighted by molar-refractivity contribution is -0.384. The maximum atomic E-state index is 11.0. The lowest BCUT2D eigenvalue weighted by Gasteiger charge is -2.19. The minimum atomic E-state index is -1.28. The van der Waals surface area contributed by atoms with Crippen molar-refractivity contribution in [3.05, 3.63) is 33.9 Å². The van der Waals surface area contributed by atoms with Crippen molar-refractivity contribution >= 4 is 17.3 Å². The minimum absolute atomic E-state index is 0.277. The van der Waals surface area contributed by atoms with E-state index in [1.54, 1.807) is 18.0 Å². The van der Waals surface area contributed by atoms with Crippen molar-refractivity contribution < 1.29 is 14.8 Å². The topological polar surface area (TPSA) is 83.7 Å². The van der Waals surface area contributed by atoms with Crippen molar-refractivity contribution in [1.82, 2.24) is 0 Å². The number of anilines is 1. The summed E-state index contributed by atoms with van der Waals surface area (Å²) in [5, 5.41) is 20.0. The molecule has 0 aliphatic heterocycles. The number of carbonyl (C=O) groups is 1. The first-order valence-corrected chi connectivity index (χ1v) is 5.70. The first-order chi connectivity index (χ1) is 8.49. The van der Waals surface area contributed by atoms with Gasteiger partial charge in [0.05, 0.1) is 4.92 Å². The number of nitrogens with zero attached hydrogens (tertiary/aromatic N) is 2. The highest BCUT2D eigenvalue weighted by Gasteiger charge is 2.25. The number of benzene rings is 1. The number of para-hydroxylation sites is 1. The largest absolute Gasteiger partial charge is 0.477 e. The Morgan fingerprint density at radius 2 is 2.17 bits per heavy atom. The Labute approximate surface area is 105 Å². The third-order valence-corrected chi connectivity index (χ3v) is 2.69.